The highest BCUT2D eigenvalue weighted by molar-refractivity contribution is 5.78. The van der Waals surface area contributed by atoms with E-state index in [1.165, 1.54) is 0 Å². The molecule has 1 aromatic carbocycles. The number of nitrogens with one attached hydrogen (secondary N) is 2. The van der Waals surface area contributed by atoms with Crippen LogP contribution in [0.1, 0.15) is 31.9 Å². The highest BCUT2D eigenvalue weighted by atomic mass is 16.5. The van der Waals surface area contributed by atoms with Gasteiger partial charge in [-0.15, -0.1) is 0 Å². The molecule has 1 amide bonds. The quantitative estimate of drug-likeness (QED) is 0.834. The van der Waals surface area contributed by atoms with E-state index in [2.05, 4.69) is 17.6 Å². The molecule has 1 aliphatic rings. The van der Waals surface area contributed by atoms with Crippen molar-refractivity contribution in [2.75, 3.05) is 19.8 Å². The second-order valence-corrected chi connectivity index (χ2v) is 5.49. The van der Waals surface area contributed by atoms with Gasteiger partial charge in [0.15, 0.2) is 0 Å². The fourth-order valence-corrected chi connectivity index (χ4v) is 2.48. The third-order valence-corrected chi connectivity index (χ3v) is 3.93. The summed E-state index contributed by atoms with van der Waals surface area (Å²) in [7, 11) is 0. The first-order chi connectivity index (χ1) is 9.66. The Morgan fingerprint density at radius 3 is 2.75 bits per heavy atom. The van der Waals surface area contributed by atoms with Crippen LogP contribution < -0.4 is 10.6 Å². The summed E-state index contributed by atoms with van der Waals surface area (Å²) in [5.74, 6) is 0.557. The van der Waals surface area contributed by atoms with Crippen molar-refractivity contribution in [2.45, 2.75) is 32.4 Å². The van der Waals surface area contributed by atoms with E-state index < -0.39 is 0 Å². The van der Waals surface area contributed by atoms with Crippen molar-refractivity contribution in [3.05, 3.63) is 35.9 Å². The summed E-state index contributed by atoms with van der Waals surface area (Å²) >= 11 is 0. The van der Waals surface area contributed by atoms with E-state index in [1.54, 1.807) is 0 Å². The monoisotopic (exact) mass is 276 g/mol. The third-order valence-electron chi connectivity index (χ3n) is 3.93. The van der Waals surface area contributed by atoms with Crippen molar-refractivity contribution in [2.24, 2.45) is 5.92 Å². The Morgan fingerprint density at radius 1 is 1.35 bits per heavy atom. The minimum Gasteiger partial charge on any atom is -0.381 e. The molecule has 0 aromatic heterocycles. The fraction of sp³-hybridized carbons (Fsp3) is 0.562. The zero-order valence-corrected chi connectivity index (χ0v) is 12.3. The van der Waals surface area contributed by atoms with Crippen molar-refractivity contribution < 1.29 is 9.53 Å². The average Bonchev–Trinajstić information content (AvgIpc) is 3.00. The number of hydrogen-bond donors (Lipinski definition) is 2. The molecule has 0 bridgehead atoms. The molecule has 20 heavy (non-hydrogen) atoms. The standard InChI is InChI=1S/C16H24N2O2/c1-12(15-8-9-20-11-15)17-10-16(19)18-13(2)14-6-4-3-5-7-14/h3-7,12-13,15,17H,8-11H2,1-2H3,(H,18,19)/t12-,13+,15+/m1/s1. The number of ether oxygens (including phenoxy) is 1. The molecule has 1 heterocycles. The highest BCUT2D eigenvalue weighted by Crippen LogP contribution is 2.16. The lowest BCUT2D eigenvalue weighted by Gasteiger charge is -2.20. The lowest BCUT2D eigenvalue weighted by atomic mass is 10.0. The number of carbonyl (C=O) groups excluding carboxylic acids is 1. The molecule has 3 atom stereocenters. The first kappa shape index (κ1) is 15.0. The summed E-state index contributed by atoms with van der Waals surface area (Å²) in [6, 6.07) is 10.3. The van der Waals surface area contributed by atoms with E-state index in [4.69, 9.17) is 4.74 Å². The van der Waals surface area contributed by atoms with Gasteiger partial charge in [0.05, 0.1) is 19.2 Å². The SMILES string of the molecule is C[C@H](NC(=O)CN[C@H](C)[C@H]1CCOC1)c1ccccc1. The molecule has 0 unspecified atom stereocenters. The van der Waals surface area contributed by atoms with Crippen LogP contribution in [0, 0.1) is 5.92 Å². The van der Waals surface area contributed by atoms with Gasteiger partial charge in [0.25, 0.3) is 0 Å². The molecular formula is C16H24N2O2. The minimum atomic E-state index is 0.0344. The largest absolute Gasteiger partial charge is 0.381 e. The molecule has 1 fully saturated rings. The van der Waals surface area contributed by atoms with E-state index in [0.29, 0.717) is 18.5 Å². The Hall–Kier alpha value is -1.39. The van der Waals surface area contributed by atoms with Crippen molar-refractivity contribution >= 4 is 5.91 Å². The Kier molecular flexibility index (Phi) is 5.56. The summed E-state index contributed by atoms with van der Waals surface area (Å²) in [6.45, 7) is 6.12. The van der Waals surface area contributed by atoms with Crippen LogP contribution in [0.5, 0.6) is 0 Å². The normalized spacial score (nSPS) is 21.4. The molecular weight excluding hydrogens is 252 g/mol. The van der Waals surface area contributed by atoms with Crippen LogP contribution in [0.4, 0.5) is 0 Å². The maximum Gasteiger partial charge on any atom is 0.234 e. The Bertz CT molecular complexity index is 416. The van der Waals surface area contributed by atoms with Gasteiger partial charge in [-0.1, -0.05) is 30.3 Å². The molecule has 2 rings (SSSR count). The molecule has 2 N–H and O–H groups in total. The summed E-state index contributed by atoms with van der Waals surface area (Å²) in [4.78, 5) is 11.9. The maximum atomic E-state index is 11.9. The van der Waals surface area contributed by atoms with Crippen LogP contribution in [0.3, 0.4) is 0 Å². The van der Waals surface area contributed by atoms with Gasteiger partial charge in [-0.05, 0) is 31.7 Å². The molecule has 0 spiro atoms. The number of benzene rings is 1. The van der Waals surface area contributed by atoms with Crippen LogP contribution >= 0.6 is 0 Å². The Morgan fingerprint density at radius 2 is 2.10 bits per heavy atom. The average molecular weight is 276 g/mol. The van der Waals surface area contributed by atoms with Gasteiger partial charge in [-0.3, -0.25) is 4.79 Å². The van der Waals surface area contributed by atoms with Crippen LogP contribution in [-0.4, -0.2) is 31.7 Å². The predicted octanol–water partition coefficient (Wildman–Crippen LogP) is 1.88. The molecule has 0 saturated carbocycles. The third kappa shape index (κ3) is 4.32. The zero-order valence-electron chi connectivity index (χ0n) is 12.3. The number of amides is 1. The van der Waals surface area contributed by atoms with E-state index in [1.807, 2.05) is 37.3 Å². The first-order valence-electron chi connectivity index (χ1n) is 7.32. The van der Waals surface area contributed by atoms with Gasteiger partial charge in [-0.25, -0.2) is 0 Å². The van der Waals surface area contributed by atoms with Crippen molar-refractivity contribution in [3.8, 4) is 0 Å². The van der Waals surface area contributed by atoms with Crippen molar-refractivity contribution in [1.29, 1.82) is 0 Å². The maximum absolute atomic E-state index is 11.9. The lowest BCUT2D eigenvalue weighted by Crippen LogP contribution is -2.42. The van der Waals surface area contributed by atoms with Gasteiger partial charge in [0.2, 0.25) is 5.91 Å². The zero-order chi connectivity index (χ0) is 14.4. The Balaban J connectivity index is 1.72. The molecule has 110 valence electrons. The number of hydrogen-bond acceptors (Lipinski definition) is 3. The number of rotatable bonds is 6. The molecule has 4 heteroatoms. The van der Waals surface area contributed by atoms with Gasteiger partial charge in [0, 0.05) is 12.6 Å². The van der Waals surface area contributed by atoms with Crippen LogP contribution in [-0.2, 0) is 9.53 Å². The molecule has 0 radical (unpaired) electrons. The van der Waals surface area contributed by atoms with Crippen molar-refractivity contribution in [3.63, 3.8) is 0 Å². The smallest absolute Gasteiger partial charge is 0.234 e. The van der Waals surface area contributed by atoms with Crippen LogP contribution in [0.25, 0.3) is 0 Å². The van der Waals surface area contributed by atoms with Crippen LogP contribution in [0.15, 0.2) is 30.3 Å². The molecule has 0 aliphatic carbocycles. The summed E-state index contributed by atoms with van der Waals surface area (Å²) in [5, 5.41) is 6.30. The molecule has 1 aromatic rings. The van der Waals surface area contributed by atoms with Gasteiger partial charge >= 0.3 is 0 Å². The second-order valence-electron chi connectivity index (χ2n) is 5.49. The summed E-state index contributed by atoms with van der Waals surface area (Å²) in [6.07, 6.45) is 1.08. The number of carbonyl (C=O) groups is 1. The molecule has 4 nitrogen and oxygen atoms in total. The van der Waals surface area contributed by atoms with Gasteiger partial charge in [-0.2, -0.15) is 0 Å². The van der Waals surface area contributed by atoms with Crippen molar-refractivity contribution in [1.82, 2.24) is 10.6 Å². The minimum absolute atomic E-state index is 0.0344. The topological polar surface area (TPSA) is 50.4 Å². The van der Waals surface area contributed by atoms with E-state index in [-0.39, 0.29) is 11.9 Å². The fourth-order valence-electron chi connectivity index (χ4n) is 2.48. The molecule has 1 saturated heterocycles. The predicted molar refractivity (Wildman–Crippen MR) is 79.4 cm³/mol. The Labute approximate surface area is 120 Å². The van der Waals surface area contributed by atoms with Gasteiger partial charge < -0.3 is 15.4 Å². The van der Waals surface area contributed by atoms with E-state index in [9.17, 15) is 4.79 Å². The molecule has 1 aliphatic heterocycles. The van der Waals surface area contributed by atoms with Crippen LogP contribution in [0.2, 0.25) is 0 Å². The van der Waals surface area contributed by atoms with E-state index >= 15 is 0 Å². The summed E-state index contributed by atoms with van der Waals surface area (Å²) < 4.78 is 5.37. The summed E-state index contributed by atoms with van der Waals surface area (Å²) in [5.41, 5.74) is 1.12. The highest BCUT2D eigenvalue weighted by Gasteiger charge is 2.22. The second kappa shape index (κ2) is 7.41. The van der Waals surface area contributed by atoms with E-state index in [0.717, 1.165) is 25.2 Å². The lowest BCUT2D eigenvalue weighted by molar-refractivity contribution is -0.121. The first-order valence-corrected chi connectivity index (χ1v) is 7.32. The van der Waals surface area contributed by atoms with Gasteiger partial charge in [0.1, 0.15) is 0 Å².